The van der Waals surface area contributed by atoms with Gasteiger partial charge >= 0.3 is 6.18 Å². The third kappa shape index (κ3) is 4.82. The molecule has 0 aliphatic carbocycles. The number of hydrogen-bond donors (Lipinski definition) is 1. The van der Waals surface area contributed by atoms with E-state index >= 15 is 0 Å². The predicted octanol–water partition coefficient (Wildman–Crippen LogP) is 4.43. The molecule has 104 valence electrons. The molecule has 0 radical (unpaired) electrons. The minimum absolute atomic E-state index is 0.347. The van der Waals surface area contributed by atoms with Crippen LogP contribution in [-0.2, 0) is 6.18 Å². The third-order valence-corrected chi connectivity index (χ3v) is 2.73. The van der Waals surface area contributed by atoms with E-state index in [1.54, 1.807) is 6.07 Å². The van der Waals surface area contributed by atoms with Crippen molar-refractivity contribution in [2.45, 2.75) is 32.9 Å². The van der Waals surface area contributed by atoms with Gasteiger partial charge in [0.1, 0.15) is 0 Å². The number of halogens is 3. The lowest BCUT2D eigenvalue weighted by Gasteiger charge is -2.12. The van der Waals surface area contributed by atoms with Crippen molar-refractivity contribution in [3.8, 4) is 6.07 Å². The van der Waals surface area contributed by atoms with Gasteiger partial charge < -0.3 is 5.32 Å². The predicted molar refractivity (Wildman–Crippen MR) is 68.7 cm³/mol. The molecule has 5 heteroatoms. The van der Waals surface area contributed by atoms with Crippen molar-refractivity contribution in [2.75, 3.05) is 11.9 Å². The third-order valence-electron chi connectivity index (χ3n) is 2.73. The summed E-state index contributed by atoms with van der Waals surface area (Å²) in [5.41, 5.74) is -0.834. The minimum Gasteiger partial charge on any atom is -0.385 e. The molecule has 0 heterocycles. The highest BCUT2D eigenvalue weighted by Gasteiger charge is 2.33. The van der Waals surface area contributed by atoms with Crippen LogP contribution in [0, 0.1) is 17.2 Å². The molecule has 0 aliphatic heterocycles. The molecule has 19 heavy (non-hydrogen) atoms. The zero-order valence-corrected chi connectivity index (χ0v) is 11.0. The molecule has 0 aromatic heterocycles. The van der Waals surface area contributed by atoms with Gasteiger partial charge in [0.25, 0.3) is 0 Å². The molecule has 1 aromatic rings. The Balaban J connectivity index is 2.74. The SMILES string of the molecule is CC(C)CCCNc1ccc(C#N)c(C(F)(F)F)c1. The molecule has 0 spiro atoms. The number of nitrogens with zero attached hydrogens (tertiary/aromatic N) is 1. The summed E-state index contributed by atoms with van der Waals surface area (Å²) in [6.07, 6.45) is -2.57. The topological polar surface area (TPSA) is 35.8 Å². The van der Waals surface area contributed by atoms with E-state index in [-0.39, 0.29) is 5.56 Å². The van der Waals surface area contributed by atoms with Gasteiger partial charge in [-0.2, -0.15) is 18.4 Å². The van der Waals surface area contributed by atoms with Crippen molar-refractivity contribution in [3.63, 3.8) is 0 Å². The van der Waals surface area contributed by atoms with Gasteiger partial charge in [-0.15, -0.1) is 0 Å². The van der Waals surface area contributed by atoms with Crippen LogP contribution in [0.2, 0.25) is 0 Å². The molecule has 1 N–H and O–H groups in total. The fraction of sp³-hybridized carbons (Fsp3) is 0.500. The summed E-state index contributed by atoms with van der Waals surface area (Å²) in [7, 11) is 0. The van der Waals surface area contributed by atoms with E-state index in [0.29, 0.717) is 18.2 Å². The Morgan fingerprint density at radius 1 is 1.32 bits per heavy atom. The van der Waals surface area contributed by atoms with E-state index in [0.717, 1.165) is 18.9 Å². The molecule has 0 saturated heterocycles. The van der Waals surface area contributed by atoms with E-state index < -0.39 is 11.7 Å². The van der Waals surface area contributed by atoms with Gasteiger partial charge in [-0.25, -0.2) is 0 Å². The quantitative estimate of drug-likeness (QED) is 0.804. The number of nitrogens with one attached hydrogen (secondary N) is 1. The lowest BCUT2D eigenvalue weighted by Crippen LogP contribution is -2.10. The number of alkyl halides is 3. The summed E-state index contributed by atoms with van der Waals surface area (Å²) in [6, 6.07) is 5.26. The van der Waals surface area contributed by atoms with Crippen LogP contribution in [0.4, 0.5) is 18.9 Å². The standard InChI is InChI=1S/C14H17F3N2/c1-10(2)4-3-7-19-12-6-5-11(9-18)13(8-12)14(15,16)17/h5-6,8,10,19H,3-4,7H2,1-2H3. The van der Waals surface area contributed by atoms with Crippen molar-refractivity contribution < 1.29 is 13.2 Å². The zero-order chi connectivity index (χ0) is 14.5. The second kappa shape index (κ2) is 6.46. The van der Waals surface area contributed by atoms with Gasteiger partial charge in [0, 0.05) is 12.2 Å². The Labute approximate surface area is 111 Å². The van der Waals surface area contributed by atoms with Crippen LogP contribution >= 0.6 is 0 Å². The van der Waals surface area contributed by atoms with E-state index in [1.165, 1.54) is 12.1 Å². The highest BCUT2D eigenvalue weighted by atomic mass is 19.4. The van der Waals surface area contributed by atoms with Gasteiger partial charge in [-0.3, -0.25) is 0 Å². The second-order valence-electron chi connectivity index (χ2n) is 4.83. The maximum absolute atomic E-state index is 12.7. The van der Waals surface area contributed by atoms with Gasteiger partial charge in [0.15, 0.2) is 0 Å². The van der Waals surface area contributed by atoms with E-state index in [1.807, 2.05) is 0 Å². The molecule has 0 aliphatic rings. The average molecular weight is 270 g/mol. The first-order chi connectivity index (χ1) is 8.84. The van der Waals surface area contributed by atoms with Crippen LogP contribution < -0.4 is 5.32 Å². The Hall–Kier alpha value is -1.70. The Kier molecular flexibility index (Phi) is 5.22. The summed E-state index contributed by atoms with van der Waals surface area (Å²) in [4.78, 5) is 0. The van der Waals surface area contributed by atoms with Crippen LogP contribution in [0.15, 0.2) is 18.2 Å². The molecule has 0 atom stereocenters. The molecule has 0 saturated carbocycles. The molecule has 1 rings (SSSR count). The van der Waals surface area contributed by atoms with Crippen LogP contribution in [0.1, 0.15) is 37.8 Å². The second-order valence-corrected chi connectivity index (χ2v) is 4.83. The smallest absolute Gasteiger partial charge is 0.385 e. The Bertz CT molecular complexity index is 459. The molecule has 0 amide bonds. The number of anilines is 1. The number of hydrogen-bond acceptors (Lipinski definition) is 2. The first-order valence-electron chi connectivity index (χ1n) is 6.20. The molecule has 2 nitrogen and oxygen atoms in total. The van der Waals surface area contributed by atoms with Crippen molar-refractivity contribution in [1.29, 1.82) is 5.26 Å². The lowest BCUT2D eigenvalue weighted by molar-refractivity contribution is -0.137. The van der Waals surface area contributed by atoms with Crippen LogP contribution in [0.5, 0.6) is 0 Å². The number of benzene rings is 1. The first kappa shape index (κ1) is 15.4. The van der Waals surface area contributed by atoms with Crippen LogP contribution in [0.25, 0.3) is 0 Å². The average Bonchev–Trinajstić information content (AvgIpc) is 2.33. The van der Waals surface area contributed by atoms with Gasteiger partial charge in [0.05, 0.1) is 17.2 Å². The fourth-order valence-electron chi connectivity index (χ4n) is 1.73. The summed E-state index contributed by atoms with van der Waals surface area (Å²) >= 11 is 0. The maximum atomic E-state index is 12.7. The normalized spacial score (nSPS) is 11.4. The monoisotopic (exact) mass is 270 g/mol. The highest BCUT2D eigenvalue weighted by molar-refractivity contribution is 5.53. The van der Waals surface area contributed by atoms with E-state index in [2.05, 4.69) is 19.2 Å². The zero-order valence-electron chi connectivity index (χ0n) is 11.0. The molecular weight excluding hydrogens is 253 g/mol. The lowest BCUT2D eigenvalue weighted by atomic mass is 10.1. The minimum atomic E-state index is -4.50. The first-order valence-corrected chi connectivity index (χ1v) is 6.20. The molecule has 0 fully saturated rings. The van der Waals surface area contributed by atoms with Crippen LogP contribution in [0.3, 0.4) is 0 Å². The van der Waals surface area contributed by atoms with Crippen molar-refractivity contribution in [2.24, 2.45) is 5.92 Å². The van der Waals surface area contributed by atoms with Crippen LogP contribution in [-0.4, -0.2) is 6.54 Å². The molecule has 0 bridgehead atoms. The summed E-state index contributed by atoms with van der Waals surface area (Å²) < 4.78 is 38.2. The Morgan fingerprint density at radius 2 is 2.00 bits per heavy atom. The highest BCUT2D eigenvalue weighted by Crippen LogP contribution is 2.33. The van der Waals surface area contributed by atoms with Gasteiger partial charge in [0.2, 0.25) is 0 Å². The van der Waals surface area contributed by atoms with Crippen molar-refractivity contribution in [3.05, 3.63) is 29.3 Å². The summed E-state index contributed by atoms with van der Waals surface area (Å²) in [5.74, 6) is 0.577. The van der Waals surface area contributed by atoms with E-state index in [4.69, 9.17) is 5.26 Å². The van der Waals surface area contributed by atoms with E-state index in [9.17, 15) is 13.2 Å². The largest absolute Gasteiger partial charge is 0.417 e. The van der Waals surface area contributed by atoms with Crippen molar-refractivity contribution >= 4 is 5.69 Å². The van der Waals surface area contributed by atoms with Gasteiger partial charge in [-0.05, 0) is 37.0 Å². The summed E-state index contributed by atoms with van der Waals surface area (Å²) in [5, 5.41) is 11.6. The fourth-order valence-corrected chi connectivity index (χ4v) is 1.73. The Morgan fingerprint density at radius 3 is 2.53 bits per heavy atom. The maximum Gasteiger partial charge on any atom is 0.417 e. The number of nitriles is 1. The summed E-state index contributed by atoms with van der Waals surface area (Å²) in [6.45, 7) is 4.83. The molecule has 0 unspecified atom stereocenters. The van der Waals surface area contributed by atoms with Crippen molar-refractivity contribution in [1.82, 2.24) is 0 Å². The molecular formula is C14H17F3N2. The van der Waals surface area contributed by atoms with Gasteiger partial charge in [-0.1, -0.05) is 13.8 Å². The molecule has 1 aromatic carbocycles. The number of rotatable bonds is 5.